The molecule has 3 saturated carbocycles. The highest BCUT2D eigenvalue weighted by Gasteiger charge is 2.42. The SMILES string of the molecule is CC(C)CC(C1CCCCC1)C1C=C(C2CC(F)CCC2CCCO)CC1NC(C)CC1CCC(C)CC1. The number of hydrogen-bond acceptors (Lipinski definition) is 2. The number of nitrogens with one attached hydrogen (secondary N) is 1. The summed E-state index contributed by atoms with van der Waals surface area (Å²) in [5.41, 5.74) is 1.58. The van der Waals surface area contributed by atoms with Crippen LogP contribution in [0.5, 0.6) is 0 Å². The van der Waals surface area contributed by atoms with E-state index in [1.807, 2.05) is 0 Å². The molecule has 7 atom stereocenters. The van der Waals surface area contributed by atoms with Crippen LogP contribution in [0.2, 0.25) is 0 Å². The molecule has 0 aromatic carbocycles. The van der Waals surface area contributed by atoms with E-state index in [1.54, 1.807) is 5.57 Å². The summed E-state index contributed by atoms with van der Waals surface area (Å²) in [6.07, 6.45) is 22.9. The first kappa shape index (κ1) is 30.5. The van der Waals surface area contributed by atoms with Gasteiger partial charge in [0.25, 0.3) is 0 Å². The fourth-order valence-electron chi connectivity index (χ4n) is 9.29. The third-order valence-electron chi connectivity index (χ3n) is 11.3. The molecular formula is C35H62FNO. The first-order chi connectivity index (χ1) is 18.3. The Morgan fingerprint density at radius 2 is 1.71 bits per heavy atom. The van der Waals surface area contributed by atoms with Crippen LogP contribution in [0.3, 0.4) is 0 Å². The van der Waals surface area contributed by atoms with Gasteiger partial charge in [0.15, 0.2) is 0 Å². The lowest BCUT2D eigenvalue weighted by Gasteiger charge is -2.39. The lowest BCUT2D eigenvalue weighted by atomic mass is 9.69. The third kappa shape index (κ3) is 8.55. The van der Waals surface area contributed by atoms with Crippen LogP contribution in [0.15, 0.2) is 11.6 Å². The molecule has 0 aromatic heterocycles. The molecule has 38 heavy (non-hydrogen) atoms. The van der Waals surface area contributed by atoms with Gasteiger partial charge in [-0.2, -0.15) is 0 Å². The Morgan fingerprint density at radius 3 is 2.39 bits per heavy atom. The summed E-state index contributed by atoms with van der Waals surface area (Å²) in [4.78, 5) is 0. The van der Waals surface area contributed by atoms with Crippen molar-refractivity contribution in [3.63, 3.8) is 0 Å². The summed E-state index contributed by atoms with van der Waals surface area (Å²) in [5.74, 6) is 5.69. The summed E-state index contributed by atoms with van der Waals surface area (Å²) in [6.45, 7) is 9.99. The van der Waals surface area contributed by atoms with Crippen molar-refractivity contribution in [3.05, 3.63) is 11.6 Å². The number of aliphatic hydroxyl groups is 1. The number of hydrogen-bond donors (Lipinski definition) is 2. The van der Waals surface area contributed by atoms with Crippen LogP contribution in [0.25, 0.3) is 0 Å². The molecule has 0 aliphatic heterocycles. The van der Waals surface area contributed by atoms with Gasteiger partial charge >= 0.3 is 0 Å². The first-order valence-corrected chi connectivity index (χ1v) is 17.1. The molecule has 3 heteroatoms. The van der Waals surface area contributed by atoms with Gasteiger partial charge in [0.1, 0.15) is 6.17 Å². The summed E-state index contributed by atoms with van der Waals surface area (Å²) >= 11 is 0. The van der Waals surface area contributed by atoms with Crippen molar-refractivity contribution in [3.8, 4) is 0 Å². The highest BCUT2D eigenvalue weighted by atomic mass is 19.1. The van der Waals surface area contributed by atoms with Crippen molar-refractivity contribution in [2.75, 3.05) is 6.61 Å². The number of rotatable bonds is 12. The van der Waals surface area contributed by atoms with Crippen LogP contribution < -0.4 is 5.32 Å². The van der Waals surface area contributed by atoms with Gasteiger partial charge in [0.05, 0.1) is 0 Å². The van der Waals surface area contributed by atoms with Crippen molar-refractivity contribution in [1.82, 2.24) is 5.32 Å². The van der Waals surface area contributed by atoms with Crippen LogP contribution >= 0.6 is 0 Å². The molecule has 0 saturated heterocycles. The third-order valence-corrected chi connectivity index (χ3v) is 11.3. The standard InChI is InChI=1S/C35H62FNO/c1-24(2)19-33(28-9-6-5-7-10-28)34-21-30(32-23-31(36)17-16-29(32)11-8-18-38)22-35(34)37-26(4)20-27-14-12-25(3)13-15-27/h21,24-29,31-35,37-38H,5-20,22-23H2,1-4H3. The maximum atomic E-state index is 14.8. The van der Waals surface area contributed by atoms with E-state index in [2.05, 4.69) is 39.1 Å². The lowest BCUT2D eigenvalue weighted by Crippen LogP contribution is -2.44. The average Bonchev–Trinajstić information content (AvgIpc) is 3.31. The molecule has 2 N–H and O–H groups in total. The van der Waals surface area contributed by atoms with Crippen LogP contribution in [0.4, 0.5) is 4.39 Å². The number of aliphatic hydroxyl groups excluding tert-OH is 1. The Kier molecular flexibility index (Phi) is 12.1. The number of alkyl halides is 1. The zero-order valence-corrected chi connectivity index (χ0v) is 25.5. The van der Waals surface area contributed by atoms with Gasteiger partial charge in [-0.3, -0.25) is 0 Å². The van der Waals surface area contributed by atoms with Crippen LogP contribution in [0, 0.1) is 47.3 Å². The molecule has 0 aromatic rings. The largest absolute Gasteiger partial charge is 0.396 e. The van der Waals surface area contributed by atoms with Gasteiger partial charge in [0.2, 0.25) is 0 Å². The van der Waals surface area contributed by atoms with Gasteiger partial charge in [-0.05, 0) is 106 Å². The van der Waals surface area contributed by atoms with Crippen LogP contribution in [0.1, 0.15) is 137 Å². The Morgan fingerprint density at radius 1 is 0.974 bits per heavy atom. The average molecular weight is 532 g/mol. The van der Waals surface area contributed by atoms with E-state index < -0.39 is 6.17 Å². The topological polar surface area (TPSA) is 32.3 Å². The van der Waals surface area contributed by atoms with Gasteiger partial charge in [0, 0.05) is 18.7 Å². The van der Waals surface area contributed by atoms with E-state index in [9.17, 15) is 9.50 Å². The predicted molar refractivity (Wildman–Crippen MR) is 160 cm³/mol. The van der Waals surface area contributed by atoms with E-state index in [0.29, 0.717) is 29.8 Å². The van der Waals surface area contributed by atoms with Gasteiger partial charge in [-0.15, -0.1) is 0 Å². The molecule has 0 amide bonds. The maximum absolute atomic E-state index is 14.8. The summed E-state index contributed by atoms with van der Waals surface area (Å²) in [7, 11) is 0. The van der Waals surface area contributed by atoms with Crippen LogP contribution in [-0.4, -0.2) is 30.0 Å². The lowest BCUT2D eigenvalue weighted by molar-refractivity contribution is 0.141. The molecule has 220 valence electrons. The maximum Gasteiger partial charge on any atom is 0.101 e. The molecular weight excluding hydrogens is 469 g/mol. The molecule has 0 bridgehead atoms. The van der Waals surface area contributed by atoms with Crippen molar-refractivity contribution in [2.24, 2.45) is 47.3 Å². The second-order valence-electron chi connectivity index (χ2n) is 14.9. The minimum absolute atomic E-state index is 0.268. The van der Waals surface area contributed by atoms with E-state index in [0.717, 1.165) is 68.1 Å². The zero-order chi connectivity index (χ0) is 27.1. The molecule has 4 rings (SSSR count). The summed E-state index contributed by atoms with van der Waals surface area (Å²) in [6, 6.07) is 1.08. The van der Waals surface area contributed by atoms with Gasteiger partial charge in [-0.25, -0.2) is 4.39 Å². The van der Waals surface area contributed by atoms with E-state index in [4.69, 9.17) is 0 Å². The minimum atomic E-state index is -0.644. The van der Waals surface area contributed by atoms with Gasteiger partial charge < -0.3 is 10.4 Å². The molecule has 7 unspecified atom stereocenters. The first-order valence-electron chi connectivity index (χ1n) is 17.1. The Balaban J connectivity index is 1.53. The quantitative estimate of drug-likeness (QED) is 0.246. The van der Waals surface area contributed by atoms with Gasteiger partial charge in [-0.1, -0.05) is 90.2 Å². The molecule has 0 heterocycles. The van der Waals surface area contributed by atoms with Crippen molar-refractivity contribution < 1.29 is 9.50 Å². The van der Waals surface area contributed by atoms with Crippen molar-refractivity contribution in [1.29, 1.82) is 0 Å². The number of halogens is 1. The molecule has 3 fully saturated rings. The van der Waals surface area contributed by atoms with Crippen LogP contribution in [-0.2, 0) is 0 Å². The second-order valence-corrected chi connectivity index (χ2v) is 14.9. The highest BCUT2D eigenvalue weighted by Crippen LogP contribution is 2.48. The normalized spacial score (nSPS) is 36.8. The summed E-state index contributed by atoms with van der Waals surface area (Å²) < 4.78 is 14.8. The smallest absolute Gasteiger partial charge is 0.101 e. The molecule has 0 spiro atoms. The Hall–Kier alpha value is -0.410. The molecule has 0 radical (unpaired) electrons. The van der Waals surface area contributed by atoms with E-state index in [-0.39, 0.29) is 6.61 Å². The molecule has 4 aliphatic rings. The second kappa shape index (κ2) is 15.0. The van der Waals surface area contributed by atoms with Crippen molar-refractivity contribution in [2.45, 2.75) is 155 Å². The van der Waals surface area contributed by atoms with E-state index >= 15 is 0 Å². The molecule has 2 nitrogen and oxygen atoms in total. The Labute approximate surface area is 235 Å². The molecule has 4 aliphatic carbocycles. The summed E-state index contributed by atoms with van der Waals surface area (Å²) in [5, 5.41) is 13.8. The minimum Gasteiger partial charge on any atom is -0.396 e. The fourth-order valence-corrected chi connectivity index (χ4v) is 9.29. The van der Waals surface area contributed by atoms with Crippen molar-refractivity contribution >= 4 is 0 Å². The zero-order valence-electron chi connectivity index (χ0n) is 25.5. The monoisotopic (exact) mass is 531 g/mol. The highest BCUT2D eigenvalue weighted by molar-refractivity contribution is 5.22. The fraction of sp³-hybridized carbons (Fsp3) is 0.943. The van der Waals surface area contributed by atoms with E-state index in [1.165, 1.54) is 70.6 Å². The Bertz CT molecular complexity index is 705. The predicted octanol–water partition coefficient (Wildman–Crippen LogP) is 9.27.